The monoisotopic (exact) mass is 373 g/mol. The number of halogens is 1. The van der Waals surface area contributed by atoms with Crippen LogP contribution >= 0.6 is 0 Å². The van der Waals surface area contributed by atoms with Crippen LogP contribution in [0.3, 0.4) is 0 Å². The minimum absolute atomic E-state index is 0.208. The smallest absolute Gasteiger partial charge is 0.231 e. The first-order valence-corrected chi connectivity index (χ1v) is 8.88. The molecule has 0 radical (unpaired) electrons. The maximum atomic E-state index is 13.1. The SMILES string of the molecule is CCNC(=NCc1ccc2c(c1)OCO2)NCC(OC)c1ccc(F)cc1. The number of hydrogen-bond donors (Lipinski definition) is 2. The van der Waals surface area contributed by atoms with Gasteiger partial charge in [0.05, 0.1) is 12.6 Å². The van der Waals surface area contributed by atoms with Crippen LogP contribution in [-0.2, 0) is 11.3 Å². The summed E-state index contributed by atoms with van der Waals surface area (Å²) in [5, 5.41) is 6.48. The van der Waals surface area contributed by atoms with Gasteiger partial charge in [-0.15, -0.1) is 0 Å². The Morgan fingerprint density at radius 2 is 1.93 bits per heavy atom. The highest BCUT2D eigenvalue weighted by molar-refractivity contribution is 5.79. The van der Waals surface area contributed by atoms with Crippen LogP contribution < -0.4 is 20.1 Å². The van der Waals surface area contributed by atoms with Gasteiger partial charge in [0.1, 0.15) is 5.82 Å². The zero-order valence-electron chi connectivity index (χ0n) is 15.5. The number of aliphatic imine (C=N–C) groups is 1. The lowest BCUT2D eigenvalue weighted by Crippen LogP contribution is -2.39. The summed E-state index contributed by atoms with van der Waals surface area (Å²) >= 11 is 0. The highest BCUT2D eigenvalue weighted by Gasteiger charge is 2.14. The van der Waals surface area contributed by atoms with Crippen LogP contribution in [0.2, 0.25) is 0 Å². The quantitative estimate of drug-likeness (QED) is 0.577. The summed E-state index contributed by atoms with van der Waals surface area (Å²) in [7, 11) is 1.63. The summed E-state index contributed by atoms with van der Waals surface area (Å²) in [5.74, 6) is 1.92. The Hall–Kier alpha value is -2.80. The minimum Gasteiger partial charge on any atom is -0.454 e. The van der Waals surface area contributed by atoms with Crippen molar-refractivity contribution in [2.45, 2.75) is 19.6 Å². The Kier molecular flexibility index (Phi) is 6.49. The van der Waals surface area contributed by atoms with E-state index in [1.54, 1.807) is 19.2 Å². The van der Waals surface area contributed by atoms with E-state index < -0.39 is 0 Å². The summed E-state index contributed by atoms with van der Waals surface area (Å²) in [6.07, 6.45) is -0.208. The molecule has 0 saturated carbocycles. The molecular formula is C20H24FN3O3. The second kappa shape index (κ2) is 9.23. The van der Waals surface area contributed by atoms with Gasteiger partial charge < -0.3 is 24.8 Å². The Morgan fingerprint density at radius 1 is 1.15 bits per heavy atom. The number of guanidine groups is 1. The van der Waals surface area contributed by atoms with Crippen molar-refractivity contribution in [1.29, 1.82) is 0 Å². The molecule has 0 aliphatic carbocycles. The van der Waals surface area contributed by atoms with Gasteiger partial charge in [0.2, 0.25) is 6.79 Å². The molecule has 7 heteroatoms. The summed E-state index contributed by atoms with van der Waals surface area (Å²) in [5.41, 5.74) is 1.93. The van der Waals surface area contributed by atoms with Crippen molar-refractivity contribution >= 4 is 5.96 Å². The van der Waals surface area contributed by atoms with E-state index in [4.69, 9.17) is 14.2 Å². The van der Waals surface area contributed by atoms with E-state index in [0.717, 1.165) is 29.2 Å². The zero-order valence-corrected chi connectivity index (χ0v) is 15.5. The van der Waals surface area contributed by atoms with Crippen LogP contribution in [0.5, 0.6) is 11.5 Å². The molecule has 0 spiro atoms. The fraction of sp³-hybridized carbons (Fsp3) is 0.350. The number of rotatable bonds is 7. The van der Waals surface area contributed by atoms with Crippen LogP contribution in [0, 0.1) is 5.82 Å². The molecule has 6 nitrogen and oxygen atoms in total. The summed E-state index contributed by atoms with van der Waals surface area (Å²) < 4.78 is 29.4. The van der Waals surface area contributed by atoms with E-state index in [1.807, 2.05) is 25.1 Å². The minimum atomic E-state index is -0.264. The average molecular weight is 373 g/mol. The van der Waals surface area contributed by atoms with E-state index in [9.17, 15) is 4.39 Å². The van der Waals surface area contributed by atoms with Gasteiger partial charge in [-0.2, -0.15) is 0 Å². The first kappa shape index (κ1) is 19.0. The van der Waals surface area contributed by atoms with Gasteiger partial charge in [-0.3, -0.25) is 0 Å². The Labute approximate surface area is 158 Å². The Bertz CT molecular complexity index is 781. The molecule has 0 amide bonds. The number of fused-ring (bicyclic) bond motifs is 1. The molecule has 144 valence electrons. The Balaban J connectivity index is 1.62. The van der Waals surface area contributed by atoms with Gasteiger partial charge >= 0.3 is 0 Å². The molecule has 0 aromatic heterocycles. The number of nitrogens with one attached hydrogen (secondary N) is 2. The highest BCUT2D eigenvalue weighted by atomic mass is 19.1. The molecule has 2 N–H and O–H groups in total. The standard InChI is InChI=1S/C20H24FN3O3/c1-3-22-20(23-11-14-4-9-17-18(10-14)27-13-26-17)24-12-19(25-2)15-5-7-16(21)8-6-15/h4-10,19H,3,11-13H2,1-2H3,(H2,22,23,24). The van der Waals surface area contributed by atoms with Crippen LogP contribution in [0.25, 0.3) is 0 Å². The van der Waals surface area contributed by atoms with Crippen molar-refractivity contribution in [2.24, 2.45) is 4.99 Å². The number of hydrogen-bond acceptors (Lipinski definition) is 4. The van der Waals surface area contributed by atoms with E-state index in [2.05, 4.69) is 15.6 Å². The summed E-state index contributed by atoms with van der Waals surface area (Å²) in [6.45, 7) is 4.01. The van der Waals surface area contributed by atoms with Crippen LogP contribution in [-0.4, -0.2) is 33.0 Å². The van der Waals surface area contributed by atoms with Gasteiger partial charge in [-0.1, -0.05) is 18.2 Å². The molecule has 0 saturated heterocycles. The number of nitrogens with zero attached hydrogens (tertiary/aromatic N) is 1. The first-order chi connectivity index (χ1) is 13.2. The lowest BCUT2D eigenvalue weighted by atomic mass is 10.1. The third-order valence-electron chi connectivity index (χ3n) is 4.18. The van der Waals surface area contributed by atoms with Gasteiger partial charge in [-0.05, 0) is 42.3 Å². The Morgan fingerprint density at radius 3 is 2.67 bits per heavy atom. The van der Waals surface area contributed by atoms with Crippen molar-refractivity contribution in [3.05, 3.63) is 59.4 Å². The fourth-order valence-electron chi connectivity index (χ4n) is 2.76. The molecule has 1 aliphatic heterocycles. The molecule has 1 atom stereocenters. The zero-order chi connectivity index (χ0) is 19.1. The van der Waals surface area contributed by atoms with E-state index >= 15 is 0 Å². The van der Waals surface area contributed by atoms with Crippen molar-refractivity contribution in [1.82, 2.24) is 10.6 Å². The van der Waals surface area contributed by atoms with Gasteiger partial charge in [-0.25, -0.2) is 9.38 Å². The van der Waals surface area contributed by atoms with Crippen molar-refractivity contribution < 1.29 is 18.6 Å². The van der Waals surface area contributed by atoms with Crippen molar-refractivity contribution in [2.75, 3.05) is 27.0 Å². The predicted octanol–water partition coefficient (Wildman–Crippen LogP) is 3.00. The third kappa shape index (κ3) is 5.10. The average Bonchev–Trinajstić information content (AvgIpc) is 3.15. The normalized spacial score (nSPS) is 14.1. The second-order valence-corrected chi connectivity index (χ2v) is 6.04. The van der Waals surface area contributed by atoms with Crippen molar-refractivity contribution in [3.8, 4) is 11.5 Å². The first-order valence-electron chi connectivity index (χ1n) is 8.88. The molecule has 27 heavy (non-hydrogen) atoms. The fourth-order valence-corrected chi connectivity index (χ4v) is 2.76. The summed E-state index contributed by atoms with van der Waals surface area (Å²) in [6, 6.07) is 12.1. The third-order valence-corrected chi connectivity index (χ3v) is 4.18. The lowest BCUT2D eigenvalue weighted by Gasteiger charge is -2.18. The van der Waals surface area contributed by atoms with Crippen LogP contribution in [0.15, 0.2) is 47.5 Å². The van der Waals surface area contributed by atoms with E-state index in [-0.39, 0.29) is 18.7 Å². The molecule has 2 aromatic rings. The van der Waals surface area contributed by atoms with Gasteiger partial charge in [0, 0.05) is 20.2 Å². The number of ether oxygens (including phenoxy) is 3. The van der Waals surface area contributed by atoms with E-state index in [1.165, 1.54) is 12.1 Å². The molecule has 1 heterocycles. The van der Waals surface area contributed by atoms with Crippen LogP contribution in [0.4, 0.5) is 4.39 Å². The molecule has 0 bridgehead atoms. The topological polar surface area (TPSA) is 64.1 Å². The molecule has 1 aliphatic rings. The maximum absolute atomic E-state index is 13.1. The second-order valence-electron chi connectivity index (χ2n) is 6.04. The molecular weight excluding hydrogens is 349 g/mol. The van der Waals surface area contributed by atoms with Crippen LogP contribution in [0.1, 0.15) is 24.2 Å². The molecule has 2 aromatic carbocycles. The van der Waals surface area contributed by atoms with E-state index in [0.29, 0.717) is 19.0 Å². The summed E-state index contributed by atoms with van der Waals surface area (Å²) in [4.78, 5) is 4.61. The molecule has 3 rings (SSSR count). The van der Waals surface area contributed by atoms with Gasteiger partial charge in [0.15, 0.2) is 17.5 Å². The largest absolute Gasteiger partial charge is 0.454 e. The predicted molar refractivity (Wildman–Crippen MR) is 102 cm³/mol. The number of methoxy groups -OCH3 is 1. The van der Waals surface area contributed by atoms with Gasteiger partial charge in [0.25, 0.3) is 0 Å². The lowest BCUT2D eigenvalue weighted by molar-refractivity contribution is 0.106. The maximum Gasteiger partial charge on any atom is 0.231 e. The van der Waals surface area contributed by atoms with Crippen molar-refractivity contribution in [3.63, 3.8) is 0 Å². The highest BCUT2D eigenvalue weighted by Crippen LogP contribution is 2.32. The molecule has 0 fully saturated rings. The number of benzene rings is 2. The molecule has 1 unspecified atom stereocenters.